The minimum Gasteiger partial charge on any atom is -0.379 e. The van der Waals surface area contributed by atoms with Gasteiger partial charge in [-0.2, -0.15) is 14.9 Å². The Balaban J connectivity index is 1.49. The third-order valence-electron chi connectivity index (χ3n) is 6.47. The zero-order chi connectivity index (χ0) is 25.9. The number of benzene rings is 1. The molecule has 2 aliphatic rings. The van der Waals surface area contributed by atoms with Crippen molar-refractivity contribution in [2.75, 3.05) is 43.5 Å². The lowest BCUT2D eigenvalue weighted by molar-refractivity contribution is -0.118. The van der Waals surface area contributed by atoms with E-state index in [1.807, 2.05) is 12.1 Å². The number of nitrogens with zero attached hydrogens (tertiary/aromatic N) is 5. The van der Waals surface area contributed by atoms with Crippen LogP contribution in [-0.4, -0.2) is 64.3 Å². The molecule has 2 aliphatic heterocycles. The molecule has 0 radical (unpaired) electrons. The number of rotatable bonds is 7. The van der Waals surface area contributed by atoms with E-state index in [9.17, 15) is 4.79 Å². The number of fused-ring (bicyclic) bond motifs is 1. The zero-order valence-electron chi connectivity index (χ0n) is 20.4. The molecule has 3 N–H and O–H groups in total. The summed E-state index contributed by atoms with van der Waals surface area (Å²) in [5.74, 6) is 1.22. The summed E-state index contributed by atoms with van der Waals surface area (Å²) in [7, 11) is 0. The summed E-state index contributed by atoms with van der Waals surface area (Å²) >= 11 is 6.41. The first-order chi connectivity index (χ1) is 17.9. The van der Waals surface area contributed by atoms with E-state index in [4.69, 9.17) is 26.6 Å². The van der Waals surface area contributed by atoms with Crippen LogP contribution in [0, 0.1) is 11.3 Å². The first-order valence-corrected chi connectivity index (χ1v) is 12.4. The molecular formula is C26H27ClN8O2. The molecule has 11 heteroatoms. The van der Waals surface area contributed by atoms with Crippen LogP contribution in [0.5, 0.6) is 0 Å². The Labute approximate surface area is 219 Å². The number of nitrogens with one attached hydrogen (secondary N) is 3. The number of amides is 1. The number of hydrogen-bond acceptors (Lipinski definition) is 8. The van der Waals surface area contributed by atoms with Gasteiger partial charge >= 0.3 is 0 Å². The topological polar surface area (TPSA) is 120 Å². The number of anilines is 3. The fraction of sp³-hybridized carbons (Fsp3) is 0.308. The van der Waals surface area contributed by atoms with Gasteiger partial charge in [-0.15, -0.1) is 0 Å². The van der Waals surface area contributed by atoms with Crippen molar-refractivity contribution in [1.82, 2.24) is 24.8 Å². The molecule has 2 aromatic heterocycles. The quantitative estimate of drug-likeness (QED) is 0.434. The van der Waals surface area contributed by atoms with Gasteiger partial charge in [0.1, 0.15) is 11.6 Å². The van der Waals surface area contributed by atoms with Crippen molar-refractivity contribution in [2.24, 2.45) is 0 Å². The summed E-state index contributed by atoms with van der Waals surface area (Å²) in [5, 5.41) is 23.7. The average molecular weight is 519 g/mol. The summed E-state index contributed by atoms with van der Waals surface area (Å²) in [6.45, 7) is 10.1. The summed E-state index contributed by atoms with van der Waals surface area (Å²) in [5.41, 5.74) is 3.85. The lowest BCUT2D eigenvalue weighted by Crippen LogP contribution is -2.45. The van der Waals surface area contributed by atoms with Crippen LogP contribution < -0.4 is 16.0 Å². The SMILES string of the molecule is C=C1NC(=O)C/C1=C\c1cnn2c(NCC(C)N3CCOCC3)cc(Nc3ccc(C#N)cc3Cl)nc12. The van der Waals surface area contributed by atoms with Gasteiger partial charge in [-0.25, -0.2) is 4.98 Å². The molecule has 1 aromatic carbocycles. The third-order valence-corrected chi connectivity index (χ3v) is 6.78. The van der Waals surface area contributed by atoms with Crippen molar-refractivity contribution >= 4 is 46.6 Å². The summed E-state index contributed by atoms with van der Waals surface area (Å²) in [6, 6.07) is 9.30. The molecule has 37 heavy (non-hydrogen) atoms. The molecule has 4 heterocycles. The Kier molecular flexibility index (Phi) is 7.10. The molecule has 1 unspecified atom stereocenters. The van der Waals surface area contributed by atoms with Gasteiger partial charge < -0.3 is 20.7 Å². The first-order valence-electron chi connectivity index (χ1n) is 12.0. The predicted molar refractivity (Wildman–Crippen MR) is 143 cm³/mol. The van der Waals surface area contributed by atoms with Crippen molar-refractivity contribution in [3.63, 3.8) is 0 Å². The third kappa shape index (κ3) is 5.44. The molecule has 0 spiro atoms. The Hall–Kier alpha value is -3.91. The van der Waals surface area contributed by atoms with Gasteiger partial charge in [0.05, 0.1) is 48.2 Å². The smallest absolute Gasteiger partial charge is 0.228 e. The second kappa shape index (κ2) is 10.6. The molecule has 0 bridgehead atoms. The second-order valence-corrected chi connectivity index (χ2v) is 9.45. The highest BCUT2D eigenvalue weighted by Gasteiger charge is 2.21. The van der Waals surface area contributed by atoms with E-state index in [0.717, 1.165) is 43.3 Å². The fourth-order valence-corrected chi connectivity index (χ4v) is 4.62. The van der Waals surface area contributed by atoms with Gasteiger partial charge in [0.15, 0.2) is 5.65 Å². The second-order valence-electron chi connectivity index (χ2n) is 9.04. The molecule has 0 aliphatic carbocycles. The zero-order valence-corrected chi connectivity index (χ0v) is 21.2. The van der Waals surface area contributed by atoms with Crippen molar-refractivity contribution < 1.29 is 9.53 Å². The molecule has 10 nitrogen and oxygen atoms in total. The fourth-order valence-electron chi connectivity index (χ4n) is 4.39. The van der Waals surface area contributed by atoms with Crippen LogP contribution in [0.1, 0.15) is 24.5 Å². The van der Waals surface area contributed by atoms with Crippen molar-refractivity contribution in [1.29, 1.82) is 5.26 Å². The maximum absolute atomic E-state index is 11.8. The molecule has 1 amide bonds. The highest BCUT2D eigenvalue weighted by molar-refractivity contribution is 6.33. The first kappa shape index (κ1) is 24.8. The van der Waals surface area contributed by atoms with E-state index in [2.05, 4.69) is 45.5 Å². The summed E-state index contributed by atoms with van der Waals surface area (Å²) in [4.78, 5) is 19.0. The summed E-state index contributed by atoms with van der Waals surface area (Å²) < 4.78 is 7.23. The van der Waals surface area contributed by atoms with Crippen molar-refractivity contribution in [3.8, 4) is 6.07 Å². The van der Waals surface area contributed by atoms with Gasteiger partial charge in [-0.3, -0.25) is 9.69 Å². The molecular weight excluding hydrogens is 492 g/mol. The van der Waals surface area contributed by atoms with E-state index in [1.54, 1.807) is 28.9 Å². The number of nitriles is 1. The maximum atomic E-state index is 11.8. The molecule has 3 aromatic rings. The van der Waals surface area contributed by atoms with Crippen LogP contribution >= 0.6 is 11.6 Å². The van der Waals surface area contributed by atoms with Gasteiger partial charge in [0, 0.05) is 43.0 Å². The molecule has 2 saturated heterocycles. The van der Waals surface area contributed by atoms with E-state index < -0.39 is 0 Å². The van der Waals surface area contributed by atoms with Crippen molar-refractivity contribution in [2.45, 2.75) is 19.4 Å². The number of carbonyl (C=O) groups is 1. The molecule has 5 rings (SSSR count). The monoisotopic (exact) mass is 518 g/mol. The molecule has 2 fully saturated rings. The van der Waals surface area contributed by atoms with E-state index in [1.165, 1.54) is 0 Å². The number of halogens is 1. The Morgan fingerprint density at radius 1 is 1.35 bits per heavy atom. The van der Waals surface area contributed by atoms with Crippen LogP contribution in [0.4, 0.5) is 17.3 Å². The predicted octanol–water partition coefficient (Wildman–Crippen LogP) is 3.55. The number of allylic oxidation sites excluding steroid dienone is 1. The van der Waals surface area contributed by atoms with Crippen LogP contribution in [-0.2, 0) is 9.53 Å². The van der Waals surface area contributed by atoms with Crippen LogP contribution in [0.15, 0.2) is 48.3 Å². The number of ether oxygens (including phenoxy) is 1. The maximum Gasteiger partial charge on any atom is 0.228 e. The highest BCUT2D eigenvalue weighted by atomic mass is 35.5. The highest BCUT2D eigenvalue weighted by Crippen LogP contribution is 2.29. The molecule has 190 valence electrons. The van der Waals surface area contributed by atoms with Gasteiger partial charge in [-0.05, 0) is 36.8 Å². The minimum absolute atomic E-state index is 0.0852. The van der Waals surface area contributed by atoms with Crippen LogP contribution in [0.25, 0.3) is 11.7 Å². The number of carbonyl (C=O) groups excluding carboxylic acids is 1. The molecule has 1 atom stereocenters. The average Bonchev–Trinajstić information content (AvgIpc) is 3.45. The summed E-state index contributed by atoms with van der Waals surface area (Å²) in [6.07, 6.45) is 3.87. The van der Waals surface area contributed by atoms with Crippen molar-refractivity contribution in [3.05, 3.63) is 64.5 Å². The van der Waals surface area contributed by atoms with Gasteiger partial charge in [-0.1, -0.05) is 18.2 Å². The van der Waals surface area contributed by atoms with Crippen LogP contribution in [0.3, 0.4) is 0 Å². The van der Waals surface area contributed by atoms with Gasteiger partial charge in [0.2, 0.25) is 5.91 Å². The number of morpholine rings is 1. The van der Waals surface area contributed by atoms with Gasteiger partial charge in [0.25, 0.3) is 0 Å². The van der Waals surface area contributed by atoms with Crippen LogP contribution in [0.2, 0.25) is 5.02 Å². The minimum atomic E-state index is -0.0852. The normalized spacial score (nSPS) is 18.1. The number of aromatic nitrogens is 3. The lowest BCUT2D eigenvalue weighted by atomic mass is 10.1. The van der Waals surface area contributed by atoms with E-state index >= 15 is 0 Å². The van der Waals surface area contributed by atoms with E-state index in [0.29, 0.717) is 40.0 Å². The molecule has 0 saturated carbocycles. The standard InChI is InChI=1S/C26H27ClN8O2/c1-16(34-5-7-37-8-6-34)14-29-24-12-23(32-22-4-3-18(13-28)9-21(22)27)33-26-20(15-30-35(24)26)10-19-11-25(36)31-17(19)2/h3-4,9-10,12,15-16,29H,2,5-8,11,14H2,1H3,(H,31,36)(H,32,33)/b19-10+. The van der Waals surface area contributed by atoms with E-state index in [-0.39, 0.29) is 18.4 Å². The number of hydrogen-bond donors (Lipinski definition) is 3. The lowest BCUT2D eigenvalue weighted by Gasteiger charge is -2.32. The Morgan fingerprint density at radius 3 is 2.86 bits per heavy atom. The Bertz CT molecular complexity index is 1430. The Morgan fingerprint density at radius 2 is 2.16 bits per heavy atom. The largest absolute Gasteiger partial charge is 0.379 e.